The fourth-order valence-electron chi connectivity index (χ4n) is 4.47. The number of nitrogens with one attached hydrogen (secondary N) is 1. The third-order valence-corrected chi connectivity index (χ3v) is 6.26. The minimum absolute atomic E-state index is 0.00497. The number of nitrogens with zero attached hydrogens (tertiary/aromatic N) is 1. The Balaban J connectivity index is 1.35. The third-order valence-electron chi connectivity index (χ3n) is 6.26. The number of ether oxygens (including phenoxy) is 2. The summed E-state index contributed by atoms with van der Waals surface area (Å²) in [5, 5.41) is 5.04. The summed E-state index contributed by atoms with van der Waals surface area (Å²) >= 11 is 0. The topological polar surface area (TPSA) is 67.9 Å². The Morgan fingerprint density at radius 2 is 1.79 bits per heavy atom. The van der Waals surface area contributed by atoms with Gasteiger partial charge in [-0.1, -0.05) is 42.5 Å². The lowest BCUT2D eigenvalue weighted by Crippen LogP contribution is -2.45. The van der Waals surface area contributed by atoms with Crippen LogP contribution >= 0.6 is 0 Å². The molecule has 0 bridgehead atoms. The van der Waals surface area contributed by atoms with Crippen LogP contribution in [0.25, 0.3) is 10.8 Å². The van der Waals surface area contributed by atoms with Crippen LogP contribution in [0.1, 0.15) is 28.8 Å². The molecule has 1 N–H and O–H groups in total. The monoisotopic (exact) mass is 446 g/mol. The zero-order valence-electron chi connectivity index (χ0n) is 19.2. The smallest absolute Gasteiger partial charge is 0.254 e. The molecule has 4 rings (SSSR count). The molecule has 1 aliphatic rings. The van der Waals surface area contributed by atoms with Crippen molar-refractivity contribution in [2.45, 2.75) is 19.3 Å². The van der Waals surface area contributed by atoms with Gasteiger partial charge in [0.1, 0.15) is 0 Å². The molecule has 0 spiro atoms. The summed E-state index contributed by atoms with van der Waals surface area (Å²) in [6.07, 6.45) is 2.31. The van der Waals surface area contributed by atoms with Crippen LogP contribution in [-0.4, -0.2) is 50.6 Å². The van der Waals surface area contributed by atoms with Gasteiger partial charge in [0.25, 0.3) is 5.91 Å². The molecule has 1 saturated heterocycles. The lowest BCUT2D eigenvalue weighted by atomic mass is 9.95. The quantitative estimate of drug-likeness (QED) is 0.594. The van der Waals surface area contributed by atoms with E-state index < -0.39 is 0 Å². The van der Waals surface area contributed by atoms with Gasteiger partial charge in [0.05, 0.1) is 20.1 Å². The minimum Gasteiger partial charge on any atom is -0.493 e. The molecule has 1 aliphatic heterocycles. The van der Waals surface area contributed by atoms with Gasteiger partial charge in [-0.2, -0.15) is 0 Å². The number of piperidine rings is 1. The Morgan fingerprint density at radius 3 is 2.61 bits per heavy atom. The molecular weight excluding hydrogens is 416 g/mol. The van der Waals surface area contributed by atoms with Gasteiger partial charge in [-0.05, 0) is 53.8 Å². The van der Waals surface area contributed by atoms with Crippen LogP contribution in [0, 0.1) is 5.92 Å². The molecule has 1 fully saturated rings. The van der Waals surface area contributed by atoms with E-state index in [0.717, 1.165) is 29.2 Å². The van der Waals surface area contributed by atoms with Crippen molar-refractivity contribution in [2.24, 2.45) is 5.92 Å². The van der Waals surface area contributed by atoms with Crippen LogP contribution in [-0.2, 0) is 11.2 Å². The van der Waals surface area contributed by atoms with Gasteiger partial charge in [0.2, 0.25) is 5.91 Å². The Bertz CT molecular complexity index is 1140. The van der Waals surface area contributed by atoms with E-state index in [4.69, 9.17) is 9.47 Å². The molecule has 33 heavy (non-hydrogen) atoms. The van der Waals surface area contributed by atoms with Crippen molar-refractivity contribution in [3.05, 3.63) is 71.8 Å². The first-order valence-electron chi connectivity index (χ1n) is 11.4. The summed E-state index contributed by atoms with van der Waals surface area (Å²) in [4.78, 5) is 27.9. The predicted molar refractivity (Wildman–Crippen MR) is 129 cm³/mol. The van der Waals surface area contributed by atoms with E-state index in [0.29, 0.717) is 43.1 Å². The second-order valence-corrected chi connectivity index (χ2v) is 8.35. The molecular formula is C27H30N2O4. The van der Waals surface area contributed by atoms with Crippen LogP contribution in [0.4, 0.5) is 0 Å². The van der Waals surface area contributed by atoms with Crippen molar-refractivity contribution in [3.8, 4) is 11.5 Å². The number of fused-ring (bicyclic) bond motifs is 1. The van der Waals surface area contributed by atoms with Gasteiger partial charge in [0.15, 0.2) is 11.5 Å². The van der Waals surface area contributed by atoms with E-state index in [1.54, 1.807) is 14.2 Å². The van der Waals surface area contributed by atoms with Crippen LogP contribution < -0.4 is 14.8 Å². The highest BCUT2D eigenvalue weighted by Crippen LogP contribution is 2.28. The Hall–Kier alpha value is -3.54. The zero-order valence-corrected chi connectivity index (χ0v) is 19.2. The van der Waals surface area contributed by atoms with Crippen LogP contribution in [0.5, 0.6) is 11.5 Å². The molecule has 0 aliphatic carbocycles. The maximum atomic E-state index is 13.3. The second-order valence-electron chi connectivity index (χ2n) is 8.35. The number of benzene rings is 3. The normalized spacial score (nSPS) is 15.8. The molecule has 172 valence electrons. The van der Waals surface area contributed by atoms with Gasteiger partial charge in [-0.3, -0.25) is 9.59 Å². The maximum Gasteiger partial charge on any atom is 0.254 e. The molecule has 1 atom stereocenters. The fourth-order valence-corrected chi connectivity index (χ4v) is 4.47. The summed E-state index contributed by atoms with van der Waals surface area (Å²) in [6.45, 7) is 1.66. The first-order valence-corrected chi connectivity index (χ1v) is 11.4. The highest BCUT2D eigenvalue weighted by molar-refractivity contribution is 6.07. The number of carbonyl (C=O) groups is 2. The van der Waals surface area contributed by atoms with Gasteiger partial charge >= 0.3 is 0 Å². The number of rotatable bonds is 7. The summed E-state index contributed by atoms with van der Waals surface area (Å²) < 4.78 is 10.6. The number of methoxy groups -OCH3 is 2. The highest BCUT2D eigenvalue weighted by atomic mass is 16.5. The summed E-state index contributed by atoms with van der Waals surface area (Å²) in [5.74, 6) is 1.17. The molecule has 0 aromatic heterocycles. The second kappa shape index (κ2) is 10.4. The van der Waals surface area contributed by atoms with E-state index in [2.05, 4.69) is 5.32 Å². The van der Waals surface area contributed by atoms with Crippen molar-refractivity contribution < 1.29 is 19.1 Å². The molecule has 1 heterocycles. The number of carbonyl (C=O) groups excluding carboxylic acids is 2. The van der Waals surface area contributed by atoms with Crippen molar-refractivity contribution in [3.63, 3.8) is 0 Å². The standard InChI is InChI=1S/C27H30N2O4/c1-32-24-13-12-19(17-25(24)33-2)14-15-28-26(30)21-9-6-16-29(18-21)27(31)23-11-5-8-20-7-3-4-10-22(20)23/h3-5,7-8,10-13,17,21H,6,9,14-16,18H2,1-2H3,(H,28,30). The fraction of sp³-hybridized carbons (Fsp3) is 0.333. The van der Waals surface area contributed by atoms with Gasteiger partial charge in [-0.25, -0.2) is 0 Å². The molecule has 3 aromatic rings. The van der Waals surface area contributed by atoms with Gasteiger partial charge in [0, 0.05) is 25.2 Å². The summed E-state index contributed by atoms with van der Waals surface area (Å²) in [5.41, 5.74) is 1.76. The van der Waals surface area contributed by atoms with E-state index in [1.165, 1.54) is 0 Å². The Kier molecular flexibility index (Phi) is 7.13. The van der Waals surface area contributed by atoms with E-state index in [9.17, 15) is 9.59 Å². The predicted octanol–water partition coefficient (Wildman–Crippen LogP) is 4.07. The molecule has 0 radical (unpaired) electrons. The highest BCUT2D eigenvalue weighted by Gasteiger charge is 2.29. The number of likely N-dealkylation sites (tertiary alicyclic amines) is 1. The average Bonchev–Trinajstić information content (AvgIpc) is 2.87. The minimum atomic E-state index is -0.192. The molecule has 2 amide bonds. The van der Waals surface area contributed by atoms with Crippen LogP contribution in [0.2, 0.25) is 0 Å². The Morgan fingerprint density at radius 1 is 1.00 bits per heavy atom. The number of hydrogen-bond acceptors (Lipinski definition) is 4. The first-order chi connectivity index (χ1) is 16.1. The van der Waals surface area contributed by atoms with E-state index >= 15 is 0 Å². The average molecular weight is 447 g/mol. The SMILES string of the molecule is COc1ccc(CCNC(=O)C2CCCN(C(=O)c3cccc4ccccc34)C2)cc1OC. The molecule has 0 saturated carbocycles. The van der Waals surface area contributed by atoms with Crippen molar-refractivity contribution in [1.29, 1.82) is 0 Å². The molecule has 6 heteroatoms. The number of hydrogen-bond donors (Lipinski definition) is 1. The maximum absolute atomic E-state index is 13.3. The van der Waals surface area contributed by atoms with Crippen LogP contribution in [0.15, 0.2) is 60.7 Å². The largest absolute Gasteiger partial charge is 0.493 e. The van der Waals surface area contributed by atoms with Crippen LogP contribution in [0.3, 0.4) is 0 Å². The van der Waals surface area contributed by atoms with E-state index in [1.807, 2.05) is 65.6 Å². The first kappa shape index (κ1) is 22.6. The van der Waals surface area contributed by atoms with E-state index in [-0.39, 0.29) is 17.7 Å². The molecule has 1 unspecified atom stereocenters. The Labute approximate surface area is 194 Å². The summed E-state index contributed by atoms with van der Waals surface area (Å²) in [7, 11) is 3.22. The third kappa shape index (κ3) is 5.11. The summed E-state index contributed by atoms with van der Waals surface area (Å²) in [6, 6.07) is 19.5. The lowest BCUT2D eigenvalue weighted by Gasteiger charge is -2.32. The molecule has 3 aromatic carbocycles. The van der Waals surface area contributed by atoms with Crippen molar-refractivity contribution in [2.75, 3.05) is 33.9 Å². The lowest BCUT2D eigenvalue weighted by molar-refractivity contribution is -0.126. The zero-order chi connectivity index (χ0) is 23.2. The van der Waals surface area contributed by atoms with Gasteiger partial charge in [-0.15, -0.1) is 0 Å². The molecule has 6 nitrogen and oxygen atoms in total. The van der Waals surface area contributed by atoms with Crippen molar-refractivity contribution >= 4 is 22.6 Å². The van der Waals surface area contributed by atoms with Crippen molar-refractivity contribution in [1.82, 2.24) is 10.2 Å². The van der Waals surface area contributed by atoms with Gasteiger partial charge < -0.3 is 19.7 Å². The number of amides is 2.